The maximum Gasteiger partial charge on any atom is 0.338 e. The normalized spacial score (nSPS) is 10.6. The van der Waals surface area contributed by atoms with Gasteiger partial charge >= 0.3 is 5.97 Å². The second-order valence-corrected chi connectivity index (χ2v) is 11.3. The molecule has 0 radical (unpaired) electrons. The predicted molar refractivity (Wildman–Crippen MR) is 156 cm³/mol. The third kappa shape index (κ3) is 9.29. The van der Waals surface area contributed by atoms with Crippen molar-refractivity contribution in [3.63, 3.8) is 0 Å². The van der Waals surface area contributed by atoms with E-state index >= 15 is 0 Å². The van der Waals surface area contributed by atoms with E-state index in [2.05, 4.69) is 18.7 Å². The number of methoxy groups -OCH3 is 1. The first-order valence-corrected chi connectivity index (χ1v) is 15.1. The molecule has 5 nitrogen and oxygen atoms in total. The number of esters is 1. The Morgan fingerprint density at radius 1 is 0.865 bits per heavy atom. The third-order valence-corrected chi connectivity index (χ3v) is 8.61. The first-order chi connectivity index (χ1) is 18.0. The van der Waals surface area contributed by atoms with Crippen molar-refractivity contribution in [3.8, 4) is 27.7 Å². The standard InChI is InChI=1S/C29H34O5S3/c1-4-32-29(30)21(2)23-13-16-25(26(19-23)31-3)34-18-10-8-6-5-7-9-17-33-24-14-11-22(12-15-24)27-20-28(35)37-36-27/h11-16,19-20H,2,4-10,17-18H2,1,3H3. The second-order valence-electron chi connectivity index (χ2n) is 8.40. The second kappa shape index (κ2) is 15.5. The van der Waals surface area contributed by atoms with Crippen LogP contribution in [0.1, 0.15) is 51.0 Å². The van der Waals surface area contributed by atoms with Gasteiger partial charge in [0.15, 0.2) is 11.5 Å². The fourth-order valence-electron chi connectivity index (χ4n) is 3.68. The van der Waals surface area contributed by atoms with Crippen molar-refractivity contribution in [2.24, 2.45) is 0 Å². The highest BCUT2D eigenvalue weighted by atomic mass is 32.9. The summed E-state index contributed by atoms with van der Waals surface area (Å²) in [5, 5.41) is 0. The SMILES string of the molecule is C=C(C(=O)OCC)c1ccc(OCCCCCCCCOc2ccc(-c3cc(=S)ss3)cc2)c(OC)c1. The molecule has 8 heteroatoms. The Labute approximate surface area is 232 Å². The molecule has 0 aliphatic heterocycles. The van der Waals surface area contributed by atoms with Crippen LogP contribution in [0.15, 0.2) is 55.1 Å². The van der Waals surface area contributed by atoms with Gasteiger partial charge in [-0.05, 0) is 73.4 Å². The highest BCUT2D eigenvalue weighted by Crippen LogP contribution is 2.32. The summed E-state index contributed by atoms with van der Waals surface area (Å²) in [5.74, 6) is 1.72. The molecule has 0 saturated carbocycles. The Morgan fingerprint density at radius 2 is 1.54 bits per heavy atom. The van der Waals surface area contributed by atoms with Gasteiger partial charge in [-0.15, -0.1) is 0 Å². The van der Waals surface area contributed by atoms with Gasteiger partial charge in [0.05, 0.1) is 32.5 Å². The molecule has 37 heavy (non-hydrogen) atoms. The summed E-state index contributed by atoms with van der Waals surface area (Å²) in [7, 11) is 4.93. The van der Waals surface area contributed by atoms with Crippen LogP contribution in [0.3, 0.4) is 0 Å². The number of hydrogen-bond acceptors (Lipinski definition) is 8. The number of ether oxygens (including phenoxy) is 4. The zero-order valence-corrected chi connectivity index (χ0v) is 23.9. The molecule has 2 aromatic carbocycles. The minimum absolute atomic E-state index is 0.302. The van der Waals surface area contributed by atoms with Crippen LogP contribution in [-0.4, -0.2) is 32.9 Å². The number of benzene rings is 2. The van der Waals surface area contributed by atoms with Gasteiger partial charge in [-0.1, -0.05) is 71.2 Å². The molecule has 3 aromatic rings. The van der Waals surface area contributed by atoms with Crippen molar-refractivity contribution < 1.29 is 23.7 Å². The molecule has 0 amide bonds. The van der Waals surface area contributed by atoms with Crippen LogP contribution in [-0.2, 0) is 9.53 Å². The molecular weight excluding hydrogens is 525 g/mol. The predicted octanol–water partition coefficient (Wildman–Crippen LogP) is 8.59. The fourth-order valence-corrected chi connectivity index (χ4v) is 6.08. The van der Waals surface area contributed by atoms with Gasteiger partial charge in [0.25, 0.3) is 0 Å². The minimum Gasteiger partial charge on any atom is -0.494 e. The van der Waals surface area contributed by atoms with Crippen LogP contribution in [0.25, 0.3) is 16.0 Å². The molecule has 0 aliphatic carbocycles. The molecule has 1 heterocycles. The lowest BCUT2D eigenvalue weighted by molar-refractivity contribution is -0.136. The van der Waals surface area contributed by atoms with Gasteiger partial charge in [0.1, 0.15) is 9.57 Å². The molecule has 0 spiro atoms. The van der Waals surface area contributed by atoms with Gasteiger partial charge in [-0.2, -0.15) is 0 Å². The van der Waals surface area contributed by atoms with Crippen molar-refractivity contribution in [2.45, 2.75) is 45.4 Å². The van der Waals surface area contributed by atoms with E-state index < -0.39 is 5.97 Å². The molecular formula is C29H34O5S3. The Hall–Kier alpha value is -2.68. The van der Waals surface area contributed by atoms with E-state index in [0.29, 0.717) is 35.8 Å². The summed E-state index contributed by atoms with van der Waals surface area (Å²) in [5.41, 5.74) is 2.15. The van der Waals surface area contributed by atoms with Crippen LogP contribution < -0.4 is 14.2 Å². The van der Waals surface area contributed by atoms with E-state index in [1.54, 1.807) is 46.8 Å². The van der Waals surface area contributed by atoms with Gasteiger partial charge < -0.3 is 18.9 Å². The van der Waals surface area contributed by atoms with E-state index in [-0.39, 0.29) is 0 Å². The van der Waals surface area contributed by atoms with Gasteiger partial charge in [-0.3, -0.25) is 0 Å². The number of hydrogen-bond donors (Lipinski definition) is 0. The number of unbranched alkanes of at least 4 members (excludes halogenated alkanes) is 5. The van der Waals surface area contributed by atoms with E-state index in [9.17, 15) is 4.79 Å². The average molecular weight is 559 g/mol. The lowest BCUT2D eigenvalue weighted by Crippen LogP contribution is -2.06. The number of carbonyl (C=O) groups is 1. The van der Waals surface area contributed by atoms with Crippen molar-refractivity contribution in [3.05, 3.63) is 64.5 Å². The Bertz CT molecular complexity index is 1200. The molecule has 1 aromatic heterocycles. The summed E-state index contributed by atoms with van der Waals surface area (Å²) >= 11 is 5.21. The Balaban J connectivity index is 1.26. The van der Waals surface area contributed by atoms with Crippen molar-refractivity contribution in [1.29, 1.82) is 0 Å². The first-order valence-electron chi connectivity index (χ1n) is 12.5. The molecule has 0 unspecified atom stereocenters. The fraction of sp³-hybridized carbons (Fsp3) is 0.379. The van der Waals surface area contributed by atoms with Gasteiger partial charge in [-0.25, -0.2) is 4.79 Å². The van der Waals surface area contributed by atoms with Gasteiger partial charge in [0.2, 0.25) is 0 Å². The quantitative estimate of drug-likeness (QED) is 0.0577. The molecule has 0 bridgehead atoms. The summed E-state index contributed by atoms with van der Waals surface area (Å²) in [6, 6.07) is 15.7. The third-order valence-electron chi connectivity index (χ3n) is 5.70. The molecule has 0 atom stereocenters. The monoisotopic (exact) mass is 558 g/mol. The van der Waals surface area contributed by atoms with Crippen LogP contribution in [0.2, 0.25) is 0 Å². The van der Waals surface area contributed by atoms with Crippen molar-refractivity contribution in [2.75, 3.05) is 26.9 Å². The van der Waals surface area contributed by atoms with Gasteiger partial charge in [0, 0.05) is 4.88 Å². The Kier molecular flexibility index (Phi) is 12.1. The summed E-state index contributed by atoms with van der Waals surface area (Å²) in [6.07, 6.45) is 6.63. The highest BCUT2D eigenvalue weighted by Gasteiger charge is 2.14. The van der Waals surface area contributed by atoms with E-state index in [0.717, 1.165) is 41.9 Å². The van der Waals surface area contributed by atoms with Crippen molar-refractivity contribution in [1.82, 2.24) is 0 Å². The smallest absolute Gasteiger partial charge is 0.338 e. The summed E-state index contributed by atoms with van der Waals surface area (Å²) in [4.78, 5) is 13.1. The maximum atomic E-state index is 11.9. The molecule has 0 N–H and O–H groups in total. The van der Waals surface area contributed by atoms with Crippen LogP contribution >= 0.6 is 32.9 Å². The van der Waals surface area contributed by atoms with E-state index in [4.69, 9.17) is 31.2 Å². The van der Waals surface area contributed by atoms with Crippen LogP contribution in [0.5, 0.6) is 17.2 Å². The maximum absolute atomic E-state index is 11.9. The molecule has 0 fully saturated rings. The highest BCUT2D eigenvalue weighted by molar-refractivity contribution is 7.80. The van der Waals surface area contributed by atoms with Crippen LogP contribution in [0.4, 0.5) is 0 Å². The zero-order valence-electron chi connectivity index (χ0n) is 21.5. The van der Waals surface area contributed by atoms with Crippen LogP contribution in [0, 0.1) is 3.82 Å². The lowest BCUT2D eigenvalue weighted by atomic mass is 10.1. The first kappa shape index (κ1) is 28.9. The van der Waals surface area contributed by atoms with Crippen molar-refractivity contribution >= 4 is 44.4 Å². The summed E-state index contributed by atoms with van der Waals surface area (Å²) in [6.45, 7) is 7.25. The number of rotatable bonds is 16. The molecule has 3 rings (SSSR count). The number of carbonyl (C=O) groups excluding carboxylic acids is 1. The van der Waals surface area contributed by atoms with E-state index in [1.807, 2.05) is 24.3 Å². The summed E-state index contributed by atoms with van der Waals surface area (Å²) < 4.78 is 23.2. The van der Waals surface area contributed by atoms with E-state index in [1.165, 1.54) is 23.3 Å². The molecule has 0 aliphatic rings. The topological polar surface area (TPSA) is 54.0 Å². The largest absolute Gasteiger partial charge is 0.494 e. The average Bonchev–Trinajstić information content (AvgIpc) is 3.36. The minimum atomic E-state index is -0.430. The zero-order chi connectivity index (χ0) is 26.5. The lowest BCUT2D eigenvalue weighted by Gasteiger charge is -2.13. The molecule has 0 saturated heterocycles. The Morgan fingerprint density at radius 3 is 2.16 bits per heavy atom. The molecule has 198 valence electrons.